The second-order valence-corrected chi connectivity index (χ2v) is 12.0. The molecule has 0 aliphatic carbocycles. The van der Waals surface area contributed by atoms with Crippen LogP contribution in [0.3, 0.4) is 0 Å². The number of likely N-dealkylation sites (tertiary alicyclic amines) is 1. The van der Waals surface area contributed by atoms with E-state index >= 15 is 0 Å². The zero-order valence-electron chi connectivity index (χ0n) is 21.4. The van der Waals surface area contributed by atoms with Crippen molar-refractivity contribution in [2.24, 2.45) is 5.41 Å². The fourth-order valence-electron chi connectivity index (χ4n) is 5.20. The highest BCUT2D eigenvalue weighted by Crippen LogP contribution is 2.44. The van der Waals surface area contributed by atoms with Gasteiger partial charge in [0.05, 0.1) is 0 Å². The number of nitrogens with zero attached hydrogens (tertiary/aromatic N) is 2. The molecule has 0 bridgehead atoms. The van der Waals surface area contributed by atoms with E-state index in [1.807, 2.05) is 13.0 Å². The Bertz CT molecular complexity index is 845. The summed E-state index contributed by atoms with van der Waals surface area (Å²) in [5.41, 5.74) is 2.66. The molecular formula is C28H44FN3S. The van der Waals surface area contributed by atoms with Crippen LogP contribution < -0.4 is 5.32 Å². The molecule has 3 heterocycles. The number of aromatic nitrogens is 1. The molecule has 1 saturated heterocycles. The zero-order chi connectivity index (χ0) is 23.9. The average molecular weight is 474 g/mol. The number of unbranched alkanes of at least 4 members (excludes halogenated alkanes) is 3. The van der Waals surface area contributed by atoms with E-state index in [4.69, 9.17) is 0 Å². The first kappa shape index (κ1) is 26.3. The molecule has 0 radical (unpaired) electrons. The first-order valence-electron chi connectivity index (χ1n) is 12.9. The Kier molecular flexibility index (Phi) is 9.49. The van der Waals surface area contributed by atoms with E-state index in [2.05, 4.69) is 61.2 Å². The fraction of sp³-hybridized carbons (Fsp3) is 0.679. The van der Waals surface area contributed by atoms with Gasteiger partial charge in [0.2, 0.25) is 0 Å². The van der Waals surface area contributed by atoms with Crippen molar-refractivity contribution in [2.75, 3.05) is 19.6 Å². The molecule has 0 saturated carbocycles. The molecule has 5 heteroatoms. The van der Waals surface area contributed by atoms with Gasteiger partial charge in [-0.2, -0.15) is 4.39 Å². The maximum Gasteiger partial charge on any atom is 0.176 e. The van der Waals surface area contributed by atoms with Gasteiger partial charge < -0.3 is 5.32 Å². The van der Waals surface area contributed by atoms with Crippen LogP contribution in [0.4, 0.5) is 4.39 Å². The third-order valence-corrected chi connectivity index (χ3v) is 8.50. The quantitative estimate of drug-likeness (QED) is 0.315. The molecule has 0 spiro atoms. The third-order valence-electron chi connectivity index (χ3n) is 7.56. The van der Waals surface area contributed by atoms with Crippen LogP contribution in [0.1, 0.15) is 88.8 Å². The van der Waals surface area contributed by atoms with Gasteiger partial charge >= 0.3 is 0 Å². The van der Waals surface area contributed by atoms with Crippen molar-refractivity contribution in [3.8, 4) is 0 Å². The molecule has 1 aliphatic heterocycles. The summed E-state index contributed by atoms with van der Waals surface area (Å²) in [4.78, 5) is 8.42. The van der Waals surface area contributed by atoms with Crippen molar-refractivity contribution in [3.05, 3.63) is 51.7 Å². The molecule has 2 aromatic rings. The monoisotopic (exact) mass is 473 g/mol. The molecule has 1 aliphatic rings. The molecule has 3 nitrogen and oxygen atoms in total. The van der Waals surface area contributed by atoms with Crippen LogP contribution in [0.2, 0.25) is 0 Å². The second-order valence-electron chi connectivity index (χ2n) is 10.9. The first-order valence-corrected chi connectivity index (χ1v) is 13.7. The van der Waals surface area contributed by atoms with Crippen LogP contribution in [0.15, 0.2) is 30.5 Å². The van der Waals surface area contributed by atoms with E-state index in [9.17, 15) is 4.39 Å². The molecule has 1 fully saturated rings. The molecule has 1 N–H and O–H groups in total. The third kappa shape index (κ3) is 7.60. The van der Waals surface area contributed by atoms with Crippen LogP contribution in [-0.2, 0) is 12.0 Å². The summed E-state index contributed by atoms with van der Waals surface area (Å²) in [6.45, 7) is 14.5. The molecule has 0 aromatic carbocycles. The number of rotatable bonds is 13. The van der Waals surface area contributed by atoms with Crippen molar-refractivity contribution in [1.29, 1.82) is 0 Å². The SMILES string of the molecule is Cc1ccc(C(C)(C)N2CCC(CCCCCCNC(C)C)(CCc3ccc(F)s3)C2)cn1. The van der Waals surface area contributed by atoms with Crippen molar-refractivity contribution < 1.29 is 4.39 Å². The average Bonchev–Trinajstić information content (AvgIpc) is 3.39. The van der Waals surface area contributed by atoms with E-state index in [1.54, 1.807) is 6.07 Å². The fourth-order valence-corrected chi connectivity index (χ4v) is 5.93. The van der Waals surface area contributed by atoms with E-state index in [-0.39, 0.29) is 10.7 Å². The van der Waals surface area contributed by atoms with Crippen LogP contribution in [0.5, 0.6) is 0 Å². The van der Waals surface area contributed by atoms with E-state index in [1.165, 1.54) is 60.3 Å². The van der Waals surface area contributed by atoms with E-state index in [0.717, 1.165) is 38.2 Å². The van der Waals surface area contributed by atoms with Crippen LogP contribution in [0, 0.1) is 17.5 Å². The van der Waals surface area contributed by atoms with Crippen molar-refractivity contribution in [1.82, 2.24) is 15.2 Å². The number of halogens is 1. The standard InChI is InChI=1S/C28H44FN3S/c1-22(2)30-18-9-7-6-8-15-28(16-14-25-12-13-26(29)33-25)17-19-32(21-28)27(4,5)24-11-10-23(3)31-20-24/h10-13,20,22,30H,6-9,14-19,21H2,1-5H3. The number of hydrogen-bond acceptors (Lipinski definition) is 4. The van der Waals surface area contributed by atoms with E-state index < -0.39 is 0 Å². The summed E-state index contributed by atoms with van der Waals surface area (Å²) in [7, 11) is 0. The predicted molar refractivity (Wildman–Crippen MR) is 139 cm³/mol. The summed E-state index contributed by atoms with van der Waals surface area (Å²) in [6.07, 6.45) is 11.9. The summed E-state index contributed by atoms with van der Waals surface area (Å²) >= 11 is 1.32. The van der Waals surface area contributed by atoms with Crippen molar-refractivity contribution in [2.45, 2.75) is 97.6 Å². The maximum atomic E-state index is 13.6. The molecule has 3 rings (SSSR count). The lowest BCUT2D eigenvalue weighted by molar-refractivity contribution is 0.122. The predicted octanol–water partition coefficient (Wildman–Crippen LogP) is 7.10. The minimum absolute atomic E-state index is 0.0278. The molecule has 2 aromatic heterocycles. The van der Waals surface area contributed by atoms with Gasteiger partial charge in [0.25, 0.3) is 0 Å². The van der Waals surface area contributed by atoms with E-state index in [0.29, 0.717) is 11.5 Å². The minimum Gasteiger partial charge on any atom is -0.315 e. The smallest absolute Gasteiger partial charge is 0.176 e. The Labute approximate surface area is 205 Å². The summed E-state index contributed by atoms with van der Waals surface area (Å²) < 4.78 is 13.6. The topological polar surface area (TPSA) is 28.2 Å². The number of thiophene rings is 1. The minimum atomic E-state index is -0.0601. The summed E-state index contributed by atoms with van der Waals surface area (Å²) in [5.74, 6) is 0. The Morgan fingerprint density at radius 3 is 2.58 bits per heavy atom. The Balaban J connectivity index is 1.61. The maximum absolute atomic E-state index is 13.6. The lowest BCUT2D eigenvalue weighted by Crippen LogP contribution is -2.41. The molecule has 0 amide bonds. The number of pyridine rings is 1. The number of aryl methyl sites for hydroxylation is 2. The first-order chi connectivity index (χ1) is 15.7. The second kappa shape index (κ2) is 11.9. The van der Waals surface area contributed by atoms with Gasteiger partial charge in [-0.3, -0.25) is 9.88 Å². The zero-order valence-corrected chi connectivity index (χ0v) is 22.2. The highest BCUT2D eigenvalue weighted by atomic mass is 32.1. The van der Waals surface area contributed by atoms with Crippen LogP contribution >= 0.6 is 11.3 Å². The normalized spacial score (nSPS) is 19.6. The summed E-state index contributed by atoms with van der Waals surface area (Å²) in [6, 6.07) is 8.53. The molecule has 1 unspecified atom stereocenters. The Morgan fingerprint density at radius 2 is 1.91 bits per heavy atom. The van der Waals surface area contributed by atoms with Gasteiger partial charge in [0, 0.05) is 34.9 Å². The highest BCUT2D eigenvalue weighted by Gasteiger charge is 2.43. The Hall–Kier alpha value is -1.30. The lowest BCUT2D eigenvalue weighted by Gasteiger charge is -2.38. The number of nitrogens with one attached hydrogen (secondary N) is 1. The summed E-state index contributed by atoms with van der Waals surface area (Å²) in [5, 5.41) is 3.47. The number of hydrogen-bond donors (Lipinski definition) is 1. The molecule has 33 heavy (non-hydrogen) atoms. The molecular weight excluding hydrogens is 429 g/mol. The van der Waals surface area contributed by atoms with Crippen molar-refractivity contribution >= 4 is 11.3 Å². The van der Waals surface area contributed by atoms with Gasteiger partial charge in [-0.25, -0.2) is 0 Å². The Morgan fingerprint density at radius 1 is 1.12 bits per heavy atom. The van der Waals surface area contributed by atoms with Gasteiger partial charge in [-0.1, -0.05) is 39.2 Å². The van der Waals surface area contributed by atoms with Gasteiger partial charge in [0.15, 0.2) is 5.13 Å². The molecule has 1 atom stereocenters. The lowest BCUT2D eigenvalue weighted by atomic mass is 9.77. The highest BCUT2D eigenvalue weighted by molar-refractivity contribution is 7.10. The van der Waals surface area contributed by atoms with Gasteiger partial charge in [0.1, 0.15) is 0 Å². The van der Waals surface area contributed by atoms with Gasteiger partial charge in [-0.15, -0.1) is 11.3 Å². The largest absolute Gasteiger partial charge is 0.315 e. The van der Waals surface area contributed by atoms with Crippen LogP contribution in [-0.4, -0.2) is 35.6 Å². The van der Waals surface area contributed by atoms with Gasteiger partial charge in [-0.05, 0) is 95.1 Å². The van der Waals surface area contributed by atoms with Crippen molar-refractivity contribution in [3.63, 3.8) is 0 Å². The van der Waals surface area contributed by atoms with Crippen LogP contribution in [0.25, 0.3) is 0 Å². The molecule has 184 valence electrons.